The lowest BCUT2D eigenvalue weighted by atomic mass is 9.57. The second kappa shape index (κ2) is 9.17. The third-order valence-electron chi connectivity index (χ3n) is 8.07. The maximum atomic E-state index is 13.6. The lowest BCUT2D eigenvalue weighted by molar-refractivity contribution is -0.192. The summed E-state index contributed by atoms with van der Waals surface area (Å²) in [5.41, 5.74) is -1.03. The zero-order chi connectivity index (χ0) is 19.4. The quantitative estimate of drug-likeness (QED) is 0.455. The van der Waals surface area contributed by atoms with Crippen LogP contribution in [0.2, 0.25) is 0 Å². The van der Waals surface area contributed by atoms with Crippen molar-refractivity contribution in [3.05, 3.63) is 0 Å². The molecule has 0 radical (unpaired) electrons. The Labute approximate surface area is 170 Å². The van der Waals surface area contributed by atoms with Crippen LogP contribution in [0.4, 0.5) is 0 Å². The van der Waals surface area contributed by atoms with E-state index in [4.69, 9.17) is 9.47 Å². The second-order valence-electron chi connectivity index (χ2n) is 9.85. The van der Waals surface area contributed by atoms with Gasteiger partial charge in [-0.15, -0.1) is 0 Å². The van der Waals surface area contributed by atoms with Gasteiger partial charge in [-0.25, -0.2) is 0 Å². The molecule has 4 fully saturated rings. The standard InChI is InChI=1S/C24H38O4/c25-22(27-19-12-3-1-4-13-19)24(23(26)28-20-14-5-2-6-15-20)17-9-11-18-10-7-8-16-21(18)24/h18-21H,1-17H2. The second-order valence-corrected chi connectivity index (χ2v) is 9.85. The summed E-state index contributed by atoms with van der Waals surface area (Å²) >= 11 is 0. The molecule has 0 bridgehead atoms. The molecule has 0 aromatic heterocycles. The molecule has 4 saturated carbocycles. The van der Waals surface area contributed by atoms with Gasteiger partial charge in [-0.1, -0.05) is 44.9 Å². The van der Waals surface area contributed by atoms with E-state index >= 15 is 0 Å². The number of hydrogen-bond donors (Lipinski definition) is 0. The molecule has 0 aromatic carbocycles. The first-order valence-electron chi connectivity index (χ1n) is 12.1. The number of carbonyl (C=O) groups is 2. The first-order chi connectivity index (χ1) is 13.7. The smallest absolute Gasteiger partial charge is 0.324 e. The highest BCUT2D eigenvalue weighted by molar-refractivity contribution is 6.00. The van der Waals surface area contributed by atoms with Gasteiger partial charge in [-0.2, -0.15) is 0 Å². The van der Waals surface area contributed by atoms with Crippen LogP contribution in [0.1, 0.15) is 109 Å². The Morgan fingerprint density at radius 3 is 1.61 bits per heavy atom. The molecule has 4 rings (SSSR count). The van der Waals surface area contributed by atoms with E-state index in [0.29, 0.717) is 12.3 Å². The Balaban J connectivity index is 1.55. The minimum atomic E-state index is -1.03. The number of carbonyl (C=O) groups excluding carboxylic acids is 2. The third kappa shape index (κ3) is 4.11. The lowest BCUT2D eigenvalue weighted by Gasteiger charge is -2.47. The average Bonchev–Trinajstić information content (AvgIpc) is 2.74. The van der Waals surface area contributed by atoms with Crippen molar-refractivity contribution in [2.75, 3.05) is 0 Å². The van der Waals surface area contributed by atoms with Crippen LogP contribution in [0, 0.1) is 17.3 Å². The predicted molar refractivity (Wildman–Crippen MR) is 108 cm³/mol. The van der Waals surface area contributed by atoms with Crippen molar-refractivity contribution in [2.24, 2.45) is 17.3 Å². The minimum absolute atomic E-state index is 0.00423. The number of ether oxygens (including phenoxy) is 2. The van der Waals surface area contributed by atoms with Crippen LogP contribution in [-0.4, -0.2) is 24.1 Å². The van der Waals surface area contributed by atoms with Crippen LogP contribution < -0.4 is 0 Å². The van der Waals surface area contributed by atoms with Crippen LogP contribution in [-0.2, 0) is 19.1 Å². The highest BCUT2D eigenvalue weighted by Gasteiger charge is 2.59. The normalized spacial score (nSPS) is 31.6. The average molecular weight is 391 g/mol. The summed E-state index contributed by atoms with van der Waals surface area (Å²) in [5, 5.41) is 0. The van der Waals surface area contributed by atoms with E-state index < -0.39 is 5.41 Å². The van der Waals surface area contributed by atoms with Gasteiger partial charge in [-0.05, 0) is 76.0 Å². The number of fused-ring (bicyclic) bond motifs is 1. The van der Waals surface area contributed by atoms with Crippen LogP contribution in [0.25, 0.3) is 0 Å². The van der Waals surface area contributed by atoms with Gasteiger partial charge in [0.1, 0.15) is 12.2 Å². The van der Waals surface area contributed by atoms with Crippen molar-refractivity contribution in [3.8, 4) is 0 Å². The lowest BCUT2D eigenvalue weighted by Crippen LogP contribution is -2.54. The molecule has 0 aromatic rings. The molecular weight excluding hydrogens is 352 g/mol. The van der Waals surface area contributed by atoms with Gasteiger partial charge in [-0.3, -0.25) is 9.59 Å². The van der Waals surface area contributed by atoms with Gasteiger partial charge < -0.3 is 9.47 Å². The maximum absolute atomic E-state index is 13.6. The van der Waals surface area contributed by atoms with Crippen LogP contribution >= 0.6 is 0 Å². The summed E-state index contributed by atoms with van der Waals surface area (Å²) in [7, 11) is 0. The van der Waals surface area contributed by atoms with Crippen LogP contribution in [0.5, 0.6) is 0 Å². The van der Waals surface area contributed by atoms with E-state index in [1.165, 1.54) is 19.3 Å². The molecule has 0 amide bonds. The van der Waals surface area contributed by atoms with Gasteiger partial charge >= 0.3 is 11.9 Å². The van der Waals surface area contributed by atoms with Gasteiger partial charge in [0.15, 0.2) is 5.41 Å². The van der Waals surface area contributed by atoms with E-state index in [9.17, 15) is 9.59 Å². The summed E-state index contributed by atoms with van der Waals surface area (Å²) in [6, 6.07) is 0. The highest BCUT2D eigenvalue weighted by Crippen LogP contribution is 2.53. The molecule has 28 heavy (non-hydrogen) atoms. The van der Waals surface area contributed by atoms with Crippen molar-refractivity contribution in [1.29, 1.82) is 0 Å². The molecule has 4 nitrogen and oxygen atoms in total. The molecule has 0 N–H and O–H groups in total. The molecule has 0 spiro atoms. The first kappa shape index (κ1) is 20.2. The third-order valence-corrected chi connectivity index (χ3v) is 8.07. The van der Waals surface area contributed by atoms with Gasteiger partial charge in [0.25, 0.3) is 0 Å². The monoisotopic (exact) mass is 390 g/mol. The Morgan fingerprint density at radius 2 is 1.04 bits per heavy atom. The maximum Gasteiger partial charge on any atom is 0.324 e. The molecule has 4 aliphatic rings. The summed E-state index contributed by atoms with van der Waals surface area (Å²) < 4.78 is 12.1. The SMILES string of the molecule is O=C(OC1CCCCC1)C1(C(=O)OC2CCCCC2)CCCC2CCCCC21. The number of rotatable bonds is 4. The molecule has 0 heterocycles. The van der Waals surface area contributed by atoms with Gasteiger partial charge in [0.2, 0.25) is 0 Å². The molecule has 0 saturated heterocycles. The van der Waals surface area contributed by atoms with Crippen molar-refractivity contribution < 1.29 is 19.1 Å². The van der Waals surface area contributed by atoms with Crippen LogP contribution in [0.15, 0.2) is 0 Å². The molecule has 4 aliphatic carbocycles. The Kier molecular flexibility index (Phi) is 6.62. The van der Waals surface area contributed by atoms with Crippen molar-refractivity contribution in [1.82, 2.24) is 0 Å². The first-order valence-corrected chi connectivity index (χ1v) is 12.1. The fraction of sp³-hybridized carbons (Fsp3) is 0.917. The van der Waals surface area contributed by atoms with Gasteiger partial charge in [0, 0.05) is 0 Å². The molecular formula is C24H38O4. The molecule has 4 heteroatoms. The minimum Gasteiger partial charge on any atom is -0.462 e. The fourth-order valence-electron chi connectivity index (χ4n) is 6.50. The number of hydrogen-bond acceptors (Lipinski definition) is 4. The summed E-state index contributed by atoms with van der Waals surface area (Å²) in [6.45, 7) is 0. The van der Waals surface area contributed by atoms with Crippen LogP contribution in [0.3, 0.4) is 0 Å². The molecule has 2 atom stereocenters. The topological polar surface area (TPSA) is 52.6 Å². The van der Waals surface area contributed by atoms with E-state index in [1.54, 1.807) is 0 Å². The predicted octanol–water partition coefficient (Wildman–Crippen LogP) is 5.71. The zero-order valence-corrected chi connectivity index (χ0v) is 17.5. The van der Waals surface area contributed by atoms with E-state index in [0.717, 1.165) is 83.5 Å². The fourth-order valence-corrected chi connectivity index (χ4v) is 6.50. The Morgan fingerprint density at radius 1 is 0.571 bits per heavy atom. The molecule has 2 unspecified atom stereocenters. The largest absolute Gasteiger partial charge is 0.462 e. The van der Waals surface area contributed by atoms with E-state index in [-0.39, 0.29) is 30.1 Å². The Hall–Kier alpha value is -1.06. The molecule has 0 aliphatic heterocycles. The number of esters is 2. The van der Waals surface area contributed by atoms with Crippen molar-refractivity contribution in [3.63, 3.8) is 0 Å². The zero-order valence-electron chi connectivity index (χ0n) is 17.5. The Bertz CT molecular complexity index is 511. The molecule has 158 valence electrons. The highest BCUT2D eigenvalue weighted by atomic mass is 16.6. The summed E-state index contributed by atoms with van der Waals surface area (Å²) in [6.07, 6.45) is 18.0. The summed E-state index contributed by atoms with van der Waals surface area (Å²) in [4.78, 5) is 27.2. The summed E-state index contributed by atoms with van der Waals surface area (Å²) in [5.74, 6) is 0.135. The van der Waals surface area contributed by atoms with E-state index in [2.05, 4.69) is 0 Å². The van der Waals surface area contributed by atoms with Gasteiger partial charge in [0.05, 0.1) is 0 Å². The van der Waals surface area contributed by atoms with Crippen molar-refractivity contribution in [2.45, 2.75) is 121 Å². The van der Waals surface area contributed by atoms with Crippen molar-refractivity contribution >= 4 is 11.9 Å². The van der Waals surface area contributed by atoms with E-state index in [1.807, 2.05) is 0 Å².